The lowest BCUT2D eigenvalue weighted by atomic mass is 9.97. The van der Waals surface area contributed by atoms with Crippen LogP contribution in [0, 0.1) is 11.2 Å². The van der Waals surface area contributed by atoms with Crippen molar-refractivity contribution < 1.29 is 27.1 Å². The average Bonchev–Trinajstić information content (AvgIpc) is 3.23. The van der Waals surface area contributed by atoms with Gasteiger partial charge >= 0.3 is 6.18 Å². The Morgan fingerprint density at radius 2 is 1.94 bits per heavy atom. The summed E-state index contributed by atoms with van der Waals surface area (Å²) in [7, 11) is 1.35. The van der Waals surface area contributed by atoms with Gasteiger partial charge < -0.3 is 15.4 Å². The van der Waals surface area contributed by atoms with Crippen molar-refractivity contribution in [3.8, 4) is 5.88 Å². The third kappa shape index (κ3) is 5.26. The Bertz CT molecular complexity index is 1280. The number of rotatable bonds is 7. The standard InChI is InChI=1S/C25H22F4N4O2/c1-31-24-22(23(30)15-6-4-7-16(26)11-15)18(25(27,28)29)12-21(33-24)35-13-20(34)32-19-10-9-14-5-2-3-8-17(14)19/h2-8,11-12,19,30H,9-10,13H2,1H3,(H,31,33)(H,32,34)/t19-/m0/s1. The molecule has 0 aliphatic heterocycles. The summed E-state index contributed by atoms with van der Waals surface area (Å²) >= 11 is 0. The number of carbonyl (C=O) groups excluding carboxylic acids is 1. The number of nitrogens with zero attached hydrogens (tertiary/aromatic N) is 1. The van der Waals surface area contributed by atoms with Crippen LogP contribution < -0.4 is 15.4 Å². The van der Waals surface area contributed by atoms with E-state index in [-0.39, 0.29) is 17.4 Å². The minimum absolute atomic E-state index is 0.0429. The molecule has 0 saturated carbocycles. The summed E-state index contributed by atoms with van der Waals surface area (Å²) in [6, 6.07) is 12.9. The van der Waals surface area contributed by atoms with Gasteiger partial charge in [0, 0.05) is 18.7 Å². The highest BCUT2D eigenvalue weighted by atomic mass is 19.4. The number of aromatic nitrogens is 1. The molecule has 3 aromatic rings. The van der Waals surface area contributed by atoms with Gasteiger partial charge in [0.1, 0.15) is 11.6 Å². The van der Waals surface area contributed by atoms with E-state index >= 15 is 0 Å². The second-order valence-electron chi connectivity index (χ2n) is 8.01. The highest BCUT2D eigenvalue weighted by Crippen LogP contribution is 2.38. The molecule has 4 rings (SSSR count). The second kappa shape index (κ2) is 9.73. The van der Waals surface area contributed by atoms with Crippen LogP contribution in [0.5, 0.6) is 5.88 Å². The minimum Gasteiger partial charge on any atom is -0.467 e. The first-order valence-corrected chi connectivity index (χ1v) is 10.8. The first-order valence-electron chi connectivity index (χ1n) is 10.8. The maximum absolute atomic E-state index is 13.9. The third-order valence-corrected chi connectivity index (χ3v) is 5.72. The normalized spacial score (nSPS) is 14.8. The monoisotopic (exact) mass is 486 g/mol. The maximum Gasteiger partial charge on any atom is 0.417 e. The van der Waals surface area contributed by atoms with E-state index in [1.807, 2.05) is 24.3 Å². The summed E-state index contributed by atoms with van der Waals surface area (Å²) in [5, 5.41) is 13.7. The number of ether oxygens (including phenoxy) is 1. The minimum atomic E-state index is -4.86. The summed E-state index contributed by atoms with van der Waals surface area (Å²) in [6.07, 6.45) is -3.32. The molecule has 1 amide bonds. The van der Waals surface area contributed by atoms with E-state index in [9.17, 15) is 22.4 Å². The van der Waals surface area contributed by atoms with E-state index in [0.29, 0.717) is 6.07 Å². The van der Waals surface area contributed by atoms with Gasteiger partial charge in [-0.1, -0.05) is 36.4 Å². The van der Waals surface area contributed by atoms with E-state index < -0.39 is 47.2 Å². The number of carbonyl (C=O) groups is 1. The third-order valence-electron chi connectivity index (χ3n) is 5.72. The number of hydrogen-bond donors (Lipinski definition) is 3. The molecule has 0 bridgehead atoms. The van der Waals surface area contributed by atoms with Gasteiger partial charge in [-0.2, -0.15) is 18.2 Å². The number of anilines is 1. The quantitative estimate of drug-likeness (QED) is 0.328. The van der Waals surface area contributed by atoms with Crippen molar-refractivity contribution in [3.63, 3.8) is 0 Å². The van der Waals surface area contributed by atoms with Crippen molar-refractivity contribution in [2.75, 3.05) is 19.0 Å². The molecular weight excluding hydrogens is 464 g/mol. The summed E-state index contributed by atoms with van der Waals surface area (Å²) in [4.78, 5) is 16.5. The van der Waals surface area contributed by atoms with Crippen molar-refractivity contribution >= 4 is 17.4 Å². The van der Waals surface area contributed by atoms with Gasteiger partial charge in [0.2, 0.25) is 5.88 Å². The van der Waals surface area contributed by atoms with Crippen LogP contribution in [0.25, 0.3) is 0 Å². The van der Waals surface area contributed by atoms with Crippen molar-refractivity contribution in [3.05, 3.63) is 88.2 Å². The summed E-state index contributed by atoms with van der Waals surface area (Å²) in [6.45, 7) is -0.535. The number of halogens is 4. The van der Waals surface area contributed by atoms with Crippen LogP contribution in [-0.2, 0) is 17.4 Å². The largest absolute Gasteiger partial charge is 0.467 e. The smallest absolute Gasteiger partial charge is 0.417 e. The van der Waals surface area contributed by atoms with Gasteiger partial charge in [-0.25, -0.2) is 4.39 Å². The lowest BCUT2D eigenvalue weighted by molar-refractivity contribution is -0.137. The fraction of sp³-hybridized carbons (Fsp3) is 0.240. The topological polar surface area (TPSA) is 87.1 Å². The molecule has 1 aliphatic carbocycles. The Labute approximate surface area is 198 Å². The first kappa shape index (κ1) is 24.2. The van der Waals surface area contributed by atoms with E-state index in [1.54, 1.807) is 0 Å². The first-order chi connectivity index (χ1) is 16.7. The van der Waals surface area contributed by atoms with Crippen LogP contribution >= 0.6 is 0 Å². The summed E-state index contributed by atoms with van der Waals surface area (Å²) in [5.41, 5.74) is -0.186. The molecule has 1 aliphatic rings. The Morgan fingerprint density at radius 1 is 1.17 bits per heavy atom. The molecule has 1 heterocycles. The van der Waals surface area contributed by atoms with Crippen molar-refractivity contribution in [1.29, 1.82) is 5.41 Å². The second-order valence-corrected chi connectivity index (χ2v) is 8.01. The lowest BCUT2D eigenvalue weighted by Gasteiger charge is -2.19. The molecule has 182 valence electrons. The Hall–Kier alpha value is -3.95. The molecule has 1 atom stereocenters. The predicted octanol–water partition coefficient (Wildman–Crippen LogP) is 4.88. The van der Waals surface area contributed by atoms with E-state index in [1.165, 1.54) is 19.2 Å². The molecule has 35 heavy (non-hydrogen) atoms. The number of aryl methyl sites for hydroxylation is 1. The zero-order valence-corrected chi connectivity index (χ0v) is 18.7. The Balaban J connectivity index is 1.56. The summed E-state index contributed by atoms with van der Waals surface area (Å²) < 4.78 is 60.8. The van der Waals surface area contributed by atoms with E-state index in [0.717, 1.165) is 36.1 Å². The molecule has 0 saturated heterocycles. The Morgan fingerprint density at radius 3 is 2.66 bits per heavy atom. The number of amides is 1. The summed E-state index contributed by atoms with van der Waals surface area (Å²) in [5.74, 6) is -1.89. The molecule has 0 spiro atoms. The van der Waals surface area contributed by atoms with Crippen LogP contribution in [0.2, 0.25) is 0 Å². The highest BCUT2D eigenvalue weighted by Gasteiger charge is 2.37. The fourth-order valence-electron chi connectivity index (χ4n) is 4.12. The van der Waals surface area contributed by atoms with Gasteiger partial charge in [-0.15, -0.1) is 0 Å². The number of pyridine rings is 1. The van der Waals surface area contributed by atoms with E-state index in [2.05, 4.69) is 15.6 Å². The molecule has 0 fully saturated rings. The maximum atomic E-state index is 13.9. The van der Waals surface area contributed by atoms with Gasteiger partial charge in [-0.05, 0) is 36.1 Å². The highest BCUT2D eigenvalue weighted by molar-refractivity contribution is 6.14. The molecule has 10 heteroatoms. The van der Waals surface area contributed by atoms with Gasteiger partial charge in [0.05, 0.1) is 22.9 Å². The molecule has 0 unspecified atom stereocenters. The molecule has 2 aromatic carbocycles. The van der Waals surface area contributed by atoms with Crippen LogP contribution in [0.1, 0.15) is 40.3 Å². The van der Waals surface area contributed by atoms with Gasteiger partial charge in [0.25, 0.3) is 5.91 Å². The zero-order chi connectivity index (χ0) is 25.2. The molecular formula is C25H22F4N4O2. The number of fused-ring (bicyclic) bond motifs is 1. The van der Waals surface area contributed by atoms with Gasteiger partial charge in [0.15, 0.2) is 6.61 Å². The van der Waals surface area contributed by atoms with Crippen molar-refractivity contribution in [2.45, 2.75) is 25.1 Å². The molecule has 6 nitrogen and oxygen atoms in total. The van der Waals surface area contributed by atoms with E-state index in [4.69, 9.17) is 10.1 Å². The molecule has 3 N–H and O–H groups in total. The van der Waals surface area contributed by atoms with Gasteiger partial charge in [-0.3, -0.25) is 10.2 Å². The van der Waals surface area contributed by atoms with Crippen molar-refractivity contribution in [2.24, 2.45) is 0 Å². The average molecular weight is 486 g/mol. The number of benzene rings is 2. The van der Waals surface area contributed by atoms with Crippen LogP contribution in [0.4, 0.5) is 23.4 Å². The number of nitrogens with one attached hydrogen (secondary N) is 3. The fourth-order valence-corrected chi connectivity index (χ4v) is 4.12. The SMILES string of the molecule is CNc1nc(OCC(=O)N[C@H]2CCc3ccccc32)cc(C(F)(F)F)c1C(=N)c1cccc(F)c1. The Kier molecular flexibility index (Phi) is 6.72. The van der Waals surface area contributed by atoms with Crippen LogP contribution in [0.3, 0.4) is 0 Å². The molecule has 1 aromatic heterocycles. The number of hydrogen-bond acceptors (Lipinski definition) is 5. The lowest BCUT2D eigenvalue weighted by Crippen LogP contribution is -2.31. The predicted molar refractivity (Wildman–Crippen MR) is 122 cm³/mol. The van der Waals surface area contributed by atoms with Crippen LogP contribution in [0.15, 0.2) is 54.6 Å². The van der Waals surface area contributed by atoms with Crippen LogP contribution in [-0.4, -0.2) is 30.3 Å². The zero-order valence-electron chi connectivity index (χ0n) is 18.7. The molecule has 0 radical (unpaired) electrons. The number of alkyl halides is 3. The van der Waals surface area contributed by atoms with Crippen molar-refractivity contribution in [1.82, 2.24) is 10.3 Å².